The molecule has 0 fully saturated rings. The van der Waals surface area contributed by atoms with Crippen LogP contribution in [0.2, 0.25) is 0 Å². The quantitative estimate of drug-likeness (QED) is 0.514. The number of nitrogens with one attached hydrogen (secondary N) is 3. The number of thiophene rings is 1. The van der Waals surface area contributed by atoms with Crippen molar-refractivity contribution in [1.29, 1.82) is 0 Å². The molecule has 0 aliphatic rings. The number of aryl methyl sites for hydroxylation is 2. The van der Waals surface area contributed by atoms with Crippen molar-refractivity contribution in [2.24, 2.45) is 0 Å². The van der Waals surface area contributed by atoms with Crippen LogP contribution in [0.25, 0.3) is 10.8 Å². The number of carbonyl (C=O) groups is 2. The van der Waals surface area contributed by atoms with E-state index in [9.17, 15) is 14.4 Å². The third-order valence-corrected chi connectivity index (χ3v) is 5.35. The van der Waals surface area contributed by atoms with Gasteiger partial charge in [0.1, 0.15) is 11.1 Å². The average Bonchev–Trinajstić information content (AvgIpc) is 3.31. The highest BCUT2D eigenvalue weighted by molar-refractivity contribution is 7.09. The molecule has 3 aromatic rings. The second-order valence-corrected chi connectivity index (χ2v) is 7.62. The zero-order valence-corrected chi connectivity index (χ0v) is 17.3. The van der Waals surface area contributed by atoms with Gasteiger partial charge in [-0.2, -0.15) is 5.10 Å². The Hall–Kier alpha value is -2.98. The highest BCUT2D eigenvalue weighted by Crippen LogP contribution is 2.28. The lowest BCUT2D eigenvalue weighted by Crippen LogP contribution is -2.40. The van der Waals surface area contributed by atoms with E-state index in [1.165, 1.54) is 0 Å². The van der Waals surface area contributed by atoms with E-state index in [1.807, 2.05) is 24.4 Å². The number of furan rings is 1. The van der Waals surface area contributed by atoms with Crippen molar-refractivity contribution in [2.75, 3.05) is 25.0 Å². The minimum Gasteiger partial charge on any atom is -0.444 e. The standard InChI is InChI=1S/C19H23N5O4S/c1-4-24(9-14(25)20-8-13-6-5-7-29-13)10-15(26)21-19-17-16(12(3)28-19)11(2)22-23-18(17)27/h5-7H,4,8-10H2,1-3H3,(H,20,25)(H,21,26)(H,23,27). The zero-order chi connectivity index (χ0) is 21.0. The van der Waals surface area contributed by atoms with Crippen LogP contribution in [0.4, 0.5) is 5.88 Å². The van der Waals surface area contributed by atoms with Gasteiger partial charge in [0.2, 0.25) is 17.7 Å². The Labute approximate surface area is 171 Å². The lowest BCUT2D eigenvalue weighted by atomic mass is 10.2. The molecule has 3 rings (SSSR count). The van der Waals surface area contributed by atoms with Crippen molar-refractivity contribution >= 4 is 39.8 Å². The lowest BCUT2D eigenvalue weighted by molar-refractivity contribution is -0.123. The van der Waals surface area contributed by atoms with Crippen molar-refractivity contribution in [3.8, 4) is 0 Å². The number of aromatic nitrogens is 2. The van der Waals surface area contributed by atoms with E-state index >= 15 is 0 Å². The van der Waals surface area contributed by atoms with Crippen molar-refractivity contribution in [3.63, 3.8) is 0 Å². The van der Waals surface area contributed by atoms with Gasteiger partial charge in [-0.05, 0) is 31.8 Å². The normalized spacial score (nSPS) is 11.2. The summed E-state index contributed by atoms with van der Waals surface area (Å²) in [5, 5.41) is 14.6. The van der Waals surface area contributed by atoms with Gasteiger partial charge in [-0.3, -0.25) is 24.6 Å². The molecule has 0 aromatic carbocycles. The van der Waals surface area contributed by atoms with Gasteiger partial charge in [-0.25, -0.2) is 5.10 Å². The Morgan fingerprint density at radius 1 is 1.24 bits per heavy atom. The largest absolute Gasteiger partial charge is 0.444 e. The van der Waals surface area contributed by atoms with Crippen LogP contribution in [0.15, 0.2) is 26.7 Å². The van der Waals surface area contributed by atoms with Gasteiger partial charge in [0.25, 0.3) is 5.56 Å². The van der Waals surface area contributed by atoms with Gasteiger partial charge < -0.3 is 9.73 Å². The number of H-pyrrole nitrogens is 1. The van der Waals surface area contributed by atoms with E-state index in [1.54, 1.807) is 30.1 Å². The molecule has 0 aliphatic heterocycles. The zero-order valence-electron chi connectivity index (χ0n) is 16.5. The number of carbonyl (C=O) groups excluding carboxylic acids is 2. The molecule has 29 heavy (non-hydrogen) atoms. The third-order valence-electron chi connectivity index (χ3n) is 4.47. The fourth-order valence-corrected chi connectivity index (χ4v) is 3.68. The summed E-state index contributed by atoms with van der Waals surface area (Å²) in [6.45, 7) is 6.40. The first-order valence-electron chi connectivity index (χ1n) is 9.18. The molecular formula is C19H23N5O4S. The van der Waals surface area contributed by atoms with Crippen LogP contribution in [-0.4, -0.2) is 46.5 Å². The number of hydrogen-bond donors (Lipinski definition) is 3. The van der Waals surface area contributed by atoms with Crippen LogP contribution in [0.1, 0.15) is 23.3 Å². The van der Waals surface area contributed by atoms with Crippen LogP contribution >= 0.6 is 11.3 Å². The molecule has 0 spiro atoms. The van der Waals surface area contributed by atoms with E-state index in [0.29, 0.717) is 29.9 Å². The number of fused-ring (bicyclic) bond motifs is 1. The van der Waals surface area contributed by atoms with Gasteiger partial charge in [-0.1, -0.05) is 13.0 Å². The number of aromatic amines is 1. The van der Waals surface area contributed by atoms with E-state index in [2.05, 4.69) is 20.8 Å². The number of amides is 2. The van der Waals surface area contributed by atoms with Crippen LogP contribution in [0.5, 0.6) is 0 Å². The molecule has 3 N–H and O–H groups in total. The molecular weight excluding hydrogens is 394 g/mol. The minimum absolute atomic E-state index is 0.00780. The number of rotatable bonds is 8. The maximum Gasteiger partial charge on any atom is 0.277 e. The van der Waals surface area contributed by atoms with Crippen LogP contribution in [-0.2, 0) is 16.1 Å². The summed E-state index contributed by atoms with van der Waals surface area (Å²) in [5.74, 6) is 0.0621. The molecule has 3 heterocycles. The number of hydrogen-bond acceptors (Lipinski definition) is 7. The fourth-order valence-electron chi connectivity index (χ4n) is 3.04. The lowest BCUT2D eigenvalue weighted by Gasteiger charge is -2.18. The SMILES string of the molecule is CCN(CC(=O)NCc1cccs1)CC(=O)Nc1oc(C)c2c(C)n[nH]c(=O)c12. The van der Waals surface area contributed by atoms with E-state index in [0.717, 1.165) is 4.88 Å². The van der Waals surface area contributed by atoms with Crippen molar-refractivity contribution < 1.29 is 14.0 Å². The summed E-state index contributed by atoms with van der Waals surface area (Å²) in [6, 6.07) is 3.88. The van der Waals surface area contributed by atoms with Crippen LogP contribution in [0.3, 0.4) is 0 Å². The maximum absolute atomic E-state index is 12.5. The topological polar surface area (TPSA) is 120 Å². The summed E-state index contributed by atoms with van der Waals surface area (Å²) in [7, 11) is 0. The molecule has 0 bridgehead atoms. The number of likely N-dealkylation sites (N-methyl/N-ethyl adjacent to an activating group) is 1. The van der Waals surface area contributed by atoms with Crippen LogP contribution < -0.4 is 16.2 Å². The Bertz CT molecular complexity index is 1070. The molecule has 10 heteroatoms. The maximum atomic E-state index is 12.5. The van der Waals surface area contributed by atoms with Crippen molar-refractivity contribution in [2.45, 2.75) is 27.3 Å². The van der Waals surface area contributed by atoms with Gasteiger partial charge in [0.15, 0.2) is 0 Å². The monoisotopic (exact) mass is 417 g/mol. The van der Waals surface area contributed by atoms with Gasteiger partial charge in [0.05, 0.1) is 30.7 Å². The molecule has 3 aromatic heterocycles. The Balaban J connectivity index is 1.62. The Kier molecular flexibility index (Phi) is 6.45. The minimum atomic E-state index is -0.432. The molecule has 154 valence electrons. The summed E-state index contributed by atoms with van der Waals surface area (Å²) in [4.78, 5) is 39.6. The van der Waals surface area contributed by atoms with Crippen molar-refractivity contribution in [3.05, 3.63) is 44.2 Å². The third kappa shape index (κ3) is 4.90. The highest BCUT2D eigenvalue weighted by atomic mass is 32.1. The molecule has 0 aliphatic carbocycles. The summed E-state index contributed by atoms with van der Waals surface area (Å²) < 4.78 is 5.59. The van der Waals surface area contributed by atoms with E-state index in [4.69, 9.17) is 4.42 Å². The van der Waals surface area contributed by atoms with Crippen LogP contribution in [0, 0.1) is 13.8 Å². The summed E-state index contributed by atoms with van der Waals surface area (Å²) >= 11 is 1.57. The molecule has 9 nitrogen and oxygen atoms in total. The first kappa shape index (κ1) is 20.7. The first-order valence-corrected chi connectivity index (χ1v) is 10.1. The summed E-state index contributed by atoms with van der Waals surface area (Å²) in [6.07, 6.45) is 0. The predicted molar refractivity (Wildman–Crippen MR) is 111 cm³/mol. The second kappa shape index (κ2) is 9.01. The van der Waals surface area contributed by atoms with E-state index in [-0.39, 0.29) is 36.2 Å². The van der Waals surface area contributed by atoms with Crippen molar-refractivity contribution in [1.82, 2.24) is 20.4 Å². The number of nitrogens with zero attached hydrogens (tertiary/aromatic N) is 2. The molecule has 0 saturated carbocycles. The Morgan fingerprint density at radius 3 is 2.69 bits per heavy atom. The average molecular weight is 417 g/mol. The van der Waals surface area contributed by atoms with Gasteiger partial charge in [-0.15, -0.1) is 11.3 Å². The molecule has 0 saturated heterocycles. The number of anilines is 1. The molecule has 0 radical (unpaired) electrons. The highest BCUT2D eigenvalue weighted by Gasteiger charge is 2.20. The molecule has 0 atom stereocenters. The fraction of sp³-hybridized carbons (Fsp3) is 0.368. The van der Waals surface area contributed by atoms with Gasteiger partial charge in [0, 0.05) is 4.88 Å². The summed E-state index contributed by atoms with van der Waals surface area (Å²) in [5.41, 5.74) is 0.178. The molecule has 2 amide bonds. The van der Waals surface area contributed by atoms with Gasteiger partial charge >= 0.3 is 0 Å². The molecule has 0 unspecified atom stereocenters. The predicted octanol–water partition coefficient (Wildman–Crippen LogP) is 1.77. The first-order chi connectivity index (χ1) is 13.9. The Morgan fingerprint density at radius 2 is 2.00 bits per heavy atom. The van der Waals surface area contributed by atoms with E-state index < -0.39 is 5.56 Å². The second-order valence-electron chi connectivity index (χ2n) is 6.58. The smallest absolute Gasteiger partial charge is 0.277 e.